The van der Waals surface area contributed by atoms with Gasteiger partial charge in [-0.05, 0) is 54.8 Å². The number of hydrogen-bond acceptors (Lipinski definition) is 6. The number of aryl methyl sites for hydroxylation is 1. The predicted molar refractivity (Wildman–Crippen MR) is 127 cm³/mol. The highest BCUT2D eigenvalue weighted by atomic mass is 32.2. The summed E-state index contributed by atoms with van der Waals surface area (Å²) in [5, 5.41) is 11.9. The molecule has 1 aliphatic heterocycles. The molecule has 0 spiro atoms. The van der Waals surface area contributed by atoms with E-state index in [1.165, 1.54) is 12.1 Å². The SMILES string of the molecule is CCOC(=O)[C@H](NS(=O)(=O)c1ccc(C)cc1)[C@H]1C[C@H](c2ccc3ccccc3c2)O[C@@H]1C#N. The quantitative estimate of drug-likeness (QED) is 0.514. The molecule has 0 radical (unpaired) electrons. The lowest BCUT2D eigenvalue weighted by atomic mass is 9.90. The molecule has 1 N–H and O–H groups in total. The highest BCUT2D eigenvalue weighted by molar-refractivity contribution is 7.89. The predicted octanol–water partition coefficient (Wildman–Crippen LogP) is 4.03. The van der Waals surface area contributed by atoms with Crippen LogP contribution in [0.4, 0.5) is 0 Å². The van der Waals surface area contributed by atoms with Crippen LogP contribution in [-0.2, 0) is 24.3 Å². The lowest BCUT2D eigenvalue weighted by Gasteiger charge is -2.23. The van der Waals surface area contributed by atoms with Crippen LogP contribution in [-0.4, -0.2) is 33.1 Å². The summed E-state index contributed by atoms with van der Waals surface area (Å²) in [4.78, 5) is 12.9. The van der Waals surface area contributed by atoms with E-state index < -0.39 is 40.2 Å². The van der Waals surface area contributed by atoms with Gasteiger partial charge in [-0.3, -0.25) is 4.79 Å². The molecule has 7 nitrogen and oxygen atoms in total. The second-order valence-electron chi connectivity index (χ2n) is 8.34. The first-order valence-electron chi connectivity index (χ1n) is 11.1. The molecule has 4 rings (SSSR count). The first kappa shape index (κ1) is 23.9. The van der Waals surface area contributed by atoms with Crippen molar-refractivity contribution in [1.29, 1.82) is 5.26 Å². The Balaban J connectivity index is 1.64. The summed E-state index contributed by atoms with van der Waals surface area (Å²) in [7, 11) is -4.04. The second-order valence-corrected chi connectivity index (χ2v) is 10.1. The normalized spacial score (nSPS) is 21.1. The fraction of sp³-hybridized carbons (Fsp3) is 0.308. The summed E-state index contributed by atoms with van der Waals surface area (Å²) in [6.45, 7) is 3.58. The summed E-state index contributed by atoms with van der Waals surface area (Å²) in [6.07, 6.45) is -1.15. The van der Waals surface area contributed by atoms with Crippen molar-refractivity contribution in [2.24, 2.45) is 5.92 Å². The molecule has 8 heteroatoms. The number of nitrogens with one attached hydrogen (secondary N) is 1. The number of esters is 1. The average Bonchev–Trinajstić information content (AvgIpc) is 3.27. The number of sulfonamides is 1. The van der Waals surface area contributed by atoms with E-state index in [-0.39, 0.29) is 17.9 Å². The monoisotopic (exact) mass is 478 g/mol. The van der Waals surface area contributed by atoms with Gasteiger partial charge in [-0.25, -0.2) is 8.42 Å². The standard InChI is InChI=1S/C26H26N2O5S/c1-3-32-26(29)25(28-34(30,31)21-12-8-17(2)9-13-21)22-15-23(33-24(22)16-27)20-11-10-18-6-4-5-7-19(18)14-20/h4-14,22-25,28H,3,15H2,1-2H3/t22-,23+,24+,25+/m0/s1. The van der Waals surface area contributed by atoms with Crippen molar-refractivity contribution in [2.75, 3.05) is 6.61 Å². The number of ether oxygens (including phenoxy) is 2. The van der Waals surface area contributed by atoms with Gasteiger partial charge >= 0.3 is 5.97 Å². The van der Waals surface area contributed by atoms with Gasteiger partial charge in [-0.1, -0.05) is 54.1 Å². The lowest BCUT2D eigenvalue weighted by molar-refractivity contribution is -0.146. The van der Waals surface area contributed by atoms with Gasteiger partial charge in [0.1, 0.15) is 12.1 Å². The van der Waals surface area contributed by atoms with Crippen LogP contribution in [0.3, 0.4) is 0 Å². The third-order valence-corrected chi connectivity index (χ3v) is 7.50. The van der Waals surface area contributed by atoms with Crippen molar-refractivity contribution in [3.05, 3.63) is 77.9 Å². The van der Waals surface area contributed by atoms with E-state index in [1.807, 2.05) is 49.4 Å². The number of nitrogens with zero attached hydrogens (tertiary/aromatic N) is 1. The molecular formula is C26H26N2O5S. The molecule has 0 aromatic heterocycles. The Labute approximate surface area is 199 Å². The van der Waals surface area contributed by atoms with Crippen molar-refractivity contribution in [2.45, 2.75) is 43.4 Å². The minimum absolute atomic E-state index is 0.0332. The highest BCUT2D eigenvalue weighted by Crippen LogP contribution is 2.40. The molecule has 1 heterocycles. The van der Waals surface area contributed by atoms with E-state index >= 15 is 0 Å². The summed E-state index contributed by atoms with van der Waals surface area (Å²) in [5.74, 6) is -1.45. The van der Waals surface area contributed by atoms with Crippen molar-refractivity contribution >= 4 is 26.8 Å². The Morgan fingerprint density at radius 3 is 2.53 bits per heavy atom. The molecule has 0 unspecified atom stereocenters. The van der Waals surface area contributed by atoms with Gasteiger partial charge < -0.3 is 9.47 Å². The topological polar surface area (TPSA) is 105 Å². The van der Waals surface area contributed by atoms with E-state index in [0.717, 1.165) is 21.9 Å². The van der Waals surface area contributed by atoms with Crippen LogP contribution < -0.4 is 4.72 Å². The number of nitriles is 1. The molecule has 0 aliphatic carbocycles. The molecule has 0 amide bonds. The third kappa shape index (κ3) is 4.97. The van der Waals surface area contributed by atoms with Crippen LogP contribution in [0.5, 0.6) is 0 Å². The molecule has 176 valence electrons. The van der Waals surface area contributed by atoms with Crippen LogP contribution >= 0.6 is 0 Å². The van der Waals surface area contributed by atoms with Crippen molar-refractivity contribution < 1.29 is 22.7 Å². The zero-order valence-corrected chi connectivity index (χ0v) is 19.8. The first-order valence-corrected chi connectivity index (χ1v) is 12.6. The first-order chi connectivity index (χ1) is 16.3. The van der Waals surface area contributed by atoms with Crippen LogP contribution in [0, 0.1) is 24.2 Å². The minimum atomic E-state index is -4.04. The zero-order chi connectivity index (χ0) is 24.3. The molecule has 1 saturated heterocycles. The third-order valence-electron chi connectivity index (χ3n) is 6.04. The van der Waals surface area contributed by atoms with E-state index in [9.17, 15) is 18.5 Å². The maximum Gasteiger partial charge on any atom is 0.324 e. The van der Waals surface area contributed by atoms with Crippen LogP contribution in [0.15, 0.2) is 71.6 Å². The lowest BCUT2D eigenvalue weighted by Crippen LogP contribution is -2.48. The minimum Gasteiger partial charge on any atom is -0.465 e. The fourth-order valence-electron chi connectivity index (χ4n) is 4.26. The Bertz CT molecular complexity index is 1330. The van der Waals surface area contributed by atoms with Gasteiger partial charge in [-0.15, -0.1) is 0 Å². The van der Waals surface area contributed by atoms with Crippen LogP contribution in [0.25, 0.3) is 10.8 Å². The van der Waals surface area contributed by atoms with Gasteiger partial charge in [0, 0.05) is 5.92 Å². The number of hydrogen-bond donors (Lipinski definition) is 1. The number of fused-ring (bicyclic) bond motifs is 1. The van der Waals surface area contributed by atoms with Crippen molar-refractivity contribution in [3.8, 4) is 6.07 Å². The average molecular weight is 479 g/mol. The Morgan fingerprint density at radius 1 is 1.15 bits per heavy atom. The number of rotatable bonds is 7. The molecule has 34 heavy (non-hydrogen) atoms. The number of carbonyl (C=O) groups is 1. The smallest absolute Gasteiger partial charge is 0.324 e. The molecular weight excluding hydrogens is 452 g/mol. The van der Waals surface area contributed by atoms with Gasteiger partial charge in [0.05, 0.1) is 23.7 Å². The van der Waals surface area contributed by atoms with Crippen LogP contribution in [0.2, 0.25) is 0 Å². The highest BCUT2D eigenvalue weighted by Gasteiger charge is 2.46. The Morgan fingerprint density at radius 2 is 1.85 bits per heavy atom. The molecule has 3 aromatic rings. The van der Waals surface area contributed by atoms with E-state index in [4.69, 9.17) is 9.47 Å². The molecule has 0 bridgehead atoms. The molecule has 0 saturated carbocycles. The zero-order valence-electron chi connectivity index (χ0n) is 19.0. The molecule has 1 aliphatic rings. The summed E-state index contributed by atoms with van der Waals surface area (Å²) in [5.41, 5.74) is 1.78. The number of carbonyl (C=O) groups excluding carboxylic acids is 1. The van der Waals surface area contributed by atoms with Crippen molar-refractivity contribution in [1.82, 2.24) is 4.72 Å². The maximum atomic E-state index is 13.1. The molecule has 3 aromatic carbocycles. The molecule has 4 atom stereocenters. The maximum absolute atomic E-state index is 13.1. The van der Waals surface area contributed by atoms with Gasteiger partial charge in [0.15, 0.2) is 0 Å². The molecule has 1 fully saturated rings. The van der Waals surface area contributed by atoms with E-state index in [1.54, 1.807) is 19.1 Å². The van der Waals surface area contributed by atoms with Crippen LogP contribution in [0.1, 0.15) is 30.6 Å². The Hall–Kier alpha value is -3.25. The second kappa shape index (κ2) is 9.94. The van der Waals surface area contributed by atoms with Crippen molar-refractivity contribution in [3.63, 3.8) is 0 Å². The van der Waals surface area contributed by atoms with Gasteiger partial charge in [0.25, 0.3) is 0 Å². The number of benzene rings is 3. The summed E-state index contributed by atoms with van der Waals surface area (Å²) >= 11 is 0. The summed E-state index contributed by atoms with van der Waals surface area (Å²) < 4.78 is 39.8. The van der Waals surface area contributed by atoms with Gasteiger partial charge in [-0.2, -0.15) is 9.98 Å². The summed E-state index contributed by atoms with van der Waals surface area (Å²) in [6, 6.07) is 20.9. The van der Waals surface area contributed by atoms with Gasteiger partial charge in [0.2, 0.25) is 10.0 Å². The van der Waals surface area contributed by atoms with E-state index in [2.05, 4.69) is 10.8 Å². The fourth-order valence-corrected chi connectivity index (χ4v) is 5.49. The Kier molecular flexibility index (Phi) is 6.98. The van der Waals surface area contributed by atoms with E-state index in [0.29, 0.717) is 0 Å². The largest absolute Gasteiger partial charge is 0.465 e.